The largest absolute Gasteiger partial charge is 0.431 e. The first kappa shape index (κ1) is 21.0. The van der Waals surface area contributed by atoms with Crippen molar-refractivity contribution in [2.75, 3.05) is 26.4 Å². The molecule has 164 valence electrons. The summed E-state index contributed by atoms with van der Waals surface area (Å²) < 4.78 is 46.8. The van der Waals surface area contributed by atoms with E-state index in [-0.39, 0.29) is 23.5 Å². The average molecular weight is 423 g/mol. The summed E-state index contributed by atoms with van der Waals surface area (Å²) in [6, 6.07) is 3.52. The Bertz CT molecular complexity index is 917. The number of aromatic nitrogens is 3. The van der Waals surface area contributed by atoms with Crippen LogP contribution < -0.4 is 10.5 Å². The highest BCUT2D eigenvalue weighted by atomic mass is 19.3. The van der Waals surface area contributed by atoms with Crippen molar-refractivity contribution >= 4 is 5.82 Å². The van der Waals surface area contributed by atoms with Gasteiger partial charge in [0.2, 0.25) is 0 Å². The molecule has 0 aromatic carbocycles. The van der Waals surface area contributed by atoms with Crippen molar-refractivity contribution in [1.29, 1.82) is 0 Å². The average Bonchev–Trinajstić information content (AvgIpc) is 2.99. The summed E-state index contributed by atoms with van der Waals surface area (Å²) in [6.45, 7) is 1.54. The molecule has 2 aromatic rings. The minimum absolute atomic E-state index is 0.0977. The van der Waals surface area contributed by atoms with Crippen LogP contribution in [0.4, 0.5) is 19.0 Å². The molecule has 4 atom stereocenters. The lowest BCUT2D eigenvalue weighted by Crippen LogP contribution is -2.35. The fourth-order valence-corrected chi connectivity index (χ4v) is 5.06. The van der Waals surface area contributed by atoms with Gasteiger partial charge in [-0.05, 0) is 64.8 Å². The van der Waals surface area contributed by atoms with Crippen LogP contribution in [0.1, 0.15) is 44.3 Å². The van der Waals surface area contributed by atoms with Crippen LogP contribution in [0.15, 0.2) is 18.3 Å². The highest BCUT2D eigenvalue weighted by molar-refractivity contribution is 5.64. The Balaban J connectivity index is 1.59. The number of nitrogens with two attached hydrogens (primary N) is 1. The van der Waals surface area contributed by atoms with E-state index in [2.05, 4.69) is 9.72 Å². The summed E-state index contributed by atoms with van der Waals surface area (Å²) in [7, 11) is 3.80. The van der Waals surface area contributed by atoms with Gasteiger partial charge in [0.15, 0.2) is 11.6 Å². The van der Waals surface area contributed by atoms with Gasteiger partial charge in [0, 0.05) is 36.0 Å². The van der Waals surface area contributed by atoms with Gasteiger partial charge in [0.25, 0.3) is 0 Å². The summed E-state index contributed by atoms with van der Waals surface area (Å²) in [5.74, 6) is 0.647. The number of ether oxygens (including phenoxy) is 1. The lowest BCUT2D eigenvalue weighted by molar-refractivity contribution is -0.0494. The third-order valence-corrected chi connectivity index (χ3v) is 6.12. The molecular weight excluding hydrogens is 395 g/mol. The molecule has 2 fully saturated rings. The Morgan fingerprint density at radius 2 is 1.93 bits per heavy atom. The number of anilines is 1. The van der Waals surface area contributed by atoms with Crippen LogP contribution >= 0.6 is 0 Å². The molecule has 6 nitrogen and oxygen atoms in total. The van der Waals surface area contributed by atoms with Crippen molar-refractivity contribution in [2.45, 2.75) is 50.9 Å². The van der Waals surface area contributed by atoms with Gasteiger partial charge in [-0.2, -0.15) is 13.9 Å². The predicted molar refractivity (Wildman–Crippen MR) is 108 cm³/mol. The molecule has 0 saturated heterocycles. The van der Waals surface area contributed by atoms with Crippen LogP contribution in [-0.4, -0.2) is 52.6 Å². The number of hydrogen-bond acceptors (Lipinski definition) is 5. The van der Waals surface area contributed by atoms with Crippen LogP contribution in [0, 0.1) is 11.8 Å². The molecule has 4 rings (SSSR count). The molecule has 2 aromatic heterocycles. The van der Waals surface area contributed by atoms with Gasteiger partial charge < -0.3 is 15.4 Å². The Morgan fingerprint density at radius 1 is 1.27 bits per heavy atom. The zero-order valence-corrected chi connectivity index (χ0v) is 17.6. The second-order valence-electron chi connectivity index (χ2n) is 9.13. The van der Waals surface area contributed by atoms with Gasteiger partial charge in [-0.15, -0.1) is 0 Å². The van der Waals surface area contributed by atoms with Gasteiger partial charge >= 0.3 is 6.61 Å². The summed E-state index contributed by atoms with van der Waals surface area (Å²) in [5.41, 5.74) is 6.76. The zero-order chi connectivity index (χ0) is 21.8. The van der Waals surface area contributed by atoms with Crippen LogP contribution in [0.2, 0.25) is 0 Å². The number of halogens is 3. The number of fused-ring (bicyclic) bond motifs is 1. The third kappa shape index (κ3) is 3.87. The first-order chi connectivity index (χ1) is 14.1. The molecule has 0 aliphatic heterocycles. The summed E-state index contributed by atoms with van der Waals surface area (Å²) in [6.07, 6.45) is 2.63. The SMILES string of the molecule is CC(C)n1nc(-c2cnc(N)c(OC(F)F)c2)cc1[C@@H]1[C@@H]2CC(F)(CN(C)C)C[C@@H]21. The quantitative estimate of drug-likeness (QED) is 0.726. The third-order valence-electron chi connectivity index (χ3n) is 6.12. The fraction of sp³-hybridized carbons (Fsp3) is 0.619. The van der Waals surface area contributed by atoms with Gasteiger partial charge in [-0.1, -0.05) is 0 Å². The van der Waals surface area contributed by atoms with E-state index in [1.807, 2.05) is 43.6 Å². The van der Waals surface area contributed by atoms with E-state index in [4.69, 9.17) is 10.8 Å². The minimum Gasteiger partial charge on any atom is -0.431 e. The van der Waals surface area contributed by atoms with E-state index < -0.39 is 12.3 Å². The van der Waals surface area contributed by atoms with E-state index in [0.29, 0.717) is 42.5 Å². The van der Waals surface area contributed by atoms with Crippen LogP contribution in [0.25, 0.3) is 11.3 Å². The smallest absolute Gasteiger partial charge is 0.387 e. The molecule has 9 heteroatoms. The molecule has 0 radical (unpaired) electrons. The predicted octanol–water partition coefficient (Wildman–Crippen LogP) is 4.10. The topological polar surface area (TPSA) is 69.2 Å². The molecule has 30 heavy (non-hydrogen) atoms. The Hall–Kier alpha value is -2.29. The number of pyridine rings is 1. The highest BCUT2D eigenvalue weighted by Gasteiger charge is 2.63. The van der Waals surface area contributed by atoms with Gasteiger partial charge in [0.1, 0.15) is 5.67 Å². The van der Waals surface area contributed by atoms with Crippen molar-refractivity contribution in [3.8, 4) is 17.0 Å². The van der Waals surface area contributed by atoms with Crippen LogP contribution in [0.5, 0.6) is 5.75 Å². The fourth-order valence-electron chi connectivity index (χ4n) is 5.06. The molecule has 0 amide bonds. The van der Waals surface area contributed by atoms with Crippen LogP contribution in [-0.2, 0) is 0 Å². The normalized spacial score (nSPS) is 27.9. The monoisotopic (exact) mass is 423 g/mol. The number of alkyl halides is 3. The van der Waals surface area contributed by atoms with Crippen molar-refractivity contribution < 1.29 is 17.9 Å². The first-order valence-electron chi connectivity index (χ1n) is 10.2. The van der Waals surface area contributed by atoms with Crippen molar-refractivity contribution in [2.24, 2.45) is 11.8 Å². The molecule has 0 spiro atoms. The number of hydrogen-bond donors (Lipinski definition) is 1. The Kier molecular flexibility index (Phi) is 5.20. The number of rotatable bonds is 7. The van der Waals surface area contributed by atoms with Crippen molar-refractivity contribution in [1.82, 2.24) is 19.7 Å². The maximum Gasteiger partial charge on any atom is 0.387 e. The standard InChI is InChI=1S/C21H28F3N5O/c1-11(2)29-16(18-13-7-21(24,8-14(13)18)10-28(3)4)6-15(27-29)12-5-17(30-20(22)23)19(25)26-9-12/h5-6,9,11,13-14,18,20H,7-8,10H2,1-4H3,(H2,25,26)/t13-,14+,18-,21?. The molecule has 2 aliphatic carbocycles. The second kappa shape index (κ2) is 7.44. The molecule has 2 heterocycles. The summed E-state index contributed by atoms with van der Waals surface area (Å²) >= 11 is 0. The number of nitrogen functional groups attached to an aromatic ring is 1. The molecule has 2 aliphatic rings. The van der Waals surface area contributed by atoms with Gasteiger partial charge in [0.05, 0.1) is 5.69 Å². The van der Waals surface area contributed by atoms with E-state index in [1.165, 1.54) is 12.3 Å². The van der Waals surface area contributed by atoms with E-state index in [0.717, 1.165) is 5.69 Å². The molecule has 1 unspecified atom stereocenters. The Labute approximate surface area is 174 Å². The van der Waals surface area contributed by atoms with Crippen molar-refractivity contribution in [3.63, 3.8) is 0 Å². The maximum absolute atomic E-state index is 15.1. The zero-order valence-electron chi connectivity index (χ0n) is 17.6. The van der Waals surface area contributed by atoms with Crippen molar-refractivity contribution in [3.05, 3.63) is 24.0 Å². The van der Waals surface area contributed by atoms with E-state index in [9.17, 15) is 8.78 Å². The second-order valence-corrected chi connectivity index (χ2v) is 9.13. The van der Waals surface area contributed by atoms with Gasteiger partial charge in [-0.25, -0.2) is 9.37 Å². The first-order valence-corrected chi connectivity index (χ1v) is 10.2. The van der Waals surface area contributed by atoms with Crippen LogP contribution in [0.3, 0.4) is 0 Å². The van der Waals surface area contributed by atoms with E-state index in [1.54, 1.807) is 0 Å². The molecule has 2 saturated carbocycles. The number of nitrogens with zero attached hydrogens (tertiary/aromatic N) is 4. The molecule has 0 bridgehead atoms. The highest BCUT2D eigenvalue weighted by Crippen LogP contribution is 2.67. The van der Waals surface area contributed by atoms with Gasteiger partial charge in [-0.3, -0.25) is 4.68 Å². The molecular formula is C21H28F3N5O. The summed E-state index contributed by atoms with van der Waals surface area (Å²) in [4.78, 5) is 5.88. The Morgan fingerprint density at radius 3 is 2.50 bits per heavy atom. The maximum atomic E-state index is 15.1. The van der Waals surface area contributed by atoms with E-state index >= 15 is 4.39 Å². The minimum atomic E-state index is -2.98. The molecule has 2 N–H and O–H groups in total. The lowest BCUT2D eigenvalue weighted by Gasteiger charge is -2.26. The summed E-state index contributed by atoms with van der Waals surface area (Å²) in [5, 5.41) is 4.69. The lowest BCUT2D eigenvalue weighted by atomic mass is 9.94.